The molecule has 104 valence electrons. The minimum atomic E-state index is 0.703. The molecule has 0 aliphatic heterocycles. The zero-order valence-electron chi connectivity index (χ0n) is 11.5. The van der Waals surface area contributed by atoms with Gasteiger partial charge in [-0.15, -0.1) is 0 Å². The van der Waals surface area contributed by atoms with Gasteiger partial charge in [0, 0.05) is 17.6 Å². The predicted octanol–water partition coefficient (Wildman–Crippen LogP) is 4.27. The van der Waals surface area contributed by atoms with Gasteiger partial charge in [0.15, 0.2) is 0 Å². The van der Waals surface area contributed by atoms with Crippen LogP contribution in [-0.2, 0) is 6.54 Å². The quantitative estimate of drug-likeness (QED) is 0.887. The zero-order valence-corrected chi connectivity index (χ0v) is 12.3. The predicted molar refractivity (Wildman–Crippen MR) is 83.3 cm³/mol. The lowest BCUT2D eigenvalue weighted by molar-refractivity contribution is 0.415. The first-order valence-electron chi connectivity index (χ1n) is 6.92. The molecule has 0 unspecified atom stereocenters. The summed E-state index contributed by atoms with van der Waals surface area (Å²) in [5.41, 5.74) is 3.64. The van der Waals surface area contributed by atoms with E-state index >= 15 is 0 Å². The van der Waals surface area contributed by atoms with Gasteiger partial charge in [-0.2, -0.15) is 0 Å². The second-order valence-corrected chi connectivity index (χ2v) is 5.62. The number of halogens is 1. The lowest BCUT2D eigenvalue weighted by Gasteiger charge is -2.12. The average molecular weight is 288 g/mol. The van der Waals surface area contributed by atoms with E-state index in [0.29, 0.717) is 6.04 Å². The van der Waals surface area contributed by atoms with Gasteiger partial charge in [0.05, 0.1) is 7.11 Å². The van der Waals surface area contributed by atoms with Crippen LogP contribution in [0.3, 0.4) is 0 Å². The van der Waals surface area contributed by atoms with Gasteiger partial charge in [-0.05, 0) is 53.8 Å². The summed E-state index contributed by atoms with van der Waals surface area (Å²) >= 11 is 6.16. The van der Waals surface area contributed by atoms with E-state index in [1.807, 2.05) is 24.3 Å². The summed E-state index contributed by atoms with van der Waals surface area (Å²) in [6.45, 7) is 0.892. The summed E-state index contributed by atoms with van der Waals surface area (Å²) in [5, 5.41) is 4.33. The molecule has 0 heterocycles. The summed E-state index contributed by atoms with van der Waals surface area (Å²) in [4.78, 5) is 0. The zero-order chi connectivity index (χ0) is 13.9. The summed E-state index contributed by atoms with van der Waals surface area (Å²) < 4.78 is 5.21. The molecule has 1 saturated carbocycles. The van der Waals surface area contributed by atoms with Crippen LogP contribution in [0.25, 0.3) is 11.1 Å². The lowest BCUT2D eigenvalue weighted by atomic mass is 9.99. The molecule has 0 aromatic heterocycles. The number of hydrogen-bond donors (Lipinski definition) is 1. The average Bonchev–Trinajstić information content (AvgIpc) is 3.30. The highest BCUT2D eigenvalue weighted by Gasteiger charge is 2.20. The molecular formula is C17H18ClNO. The van der Waals surface area contributed by atoms with Crippen molar-refractivity contribution < 1.29 is 4.74 Å². The van der Waals surface area contributed by atoms with Crippen molar-refractivity contribution in [2.24, 2.45) is 0 Å². The highest BCUT2D eigenvalue weighted by atomic mass is 35.5. The smallest absolute Gasteiger partial charge is 0.118 e. The Balaban J connectivity index is 1.89. The molecule has 0 bridgehead atoms. The molecule has 3 rings (SSSR count). The molecule has 1 N–H and O–H groups in total. The Kier molecular flexibility index (Phi) is 3.95. The number of hydrogen-bond acceptors (Lipinski definition) is 2. The number of benzene rings is 2. The standard InChI is InChI=1S/C17H18ClNO/c1-20-16-8-3-12(4-9-16)17-10-14(18)5-2-13(17)11-19-15-6-7-15/h2-5,8-10,15,19H,6-7,11H2,1H3. The van der Waals surface area contributed by atoms with Crippen molar-refractivity contribution >= 4 is 11.6 Å². The van der Waals surface area contributed by atoms with Crippen LogP contribution in [0.1, 0.15) is 18.4 Å². The van der Waals surface area contributed by atoms with Crippen molar-refractivity contribution in [1.29, 1.82) is 0 Å². The molecule has 0 spiro atoms. The molecule has 0 amide bonds. The summed E-state index contributed by atoms with van der Waals surface area (Å²) in [7, 11) is 1.68. The van der Waals surface area contributed by atoms with Crippen molar-refractivity contribution in [3.05, 3.63) is 53.1 Å². The summed E-state index contributed by atoms with van der Waals surface area (Å²) in [6, 6.07) is 14.9. The van der Waals surface area contributed by atoms with Crippen molar-refractivity contribution in [1.82, 2.24) is 5.32 Å². The SMILES string of the molecule is COc1ccc(-c2cc(Cl)ccc2CNC2CC2)cc1. The Bertz CT molecular complexity index is 590. The van der Waals surface area contributed by atoms with E-state index in [0.717, 1.165) is 17.3 Å². The number of ether oxygens (including phenoxy) is 1. The van der Waals surface area contributed by atoms with Crippen LogP contribution in [0.4, 0.5) is 0 Å². The highest BCUT2D eigenvalue weighted by Crippen LogP contribution is 2.29. The third-order valence-electron chi connectivity index (χ3n) is 3.63. The molecular weight excluding hydrogens is 270 g/mol. The summed E-state index contributed by atoms with van der Waals surface area (Å²) in [6.07, 6.45) is 2.59. The van der Waals surface area contributed by atoms with Crippen molar-refractivity contribution in [3.8, 4) is 16.9 Å². The van der Waals surface area contributed by atoms with Crippen LogP contribution in [0.15, 0.2) is 42.5 Å². The van der Waals surface area contributed by atoms with Gasteiger partial charge >= 0.3 is 0 Å². The summed E-state index contributed by atoms with van der Waals surface area (Å²) in [5.74, 6) is 0.869. The van der Waals surface area contributed by atoms with E-state index in [4.69, 9.17) is 16.3 Å². The van der Waals surface area contributed by atoms with Gasteiger partial charge in [0.2, 0.25) is 0 Å². The second-order valence-electron chi connectivity index (χ2n) is 5.19. The second kappa shape index (κ2) is 5.86. The Hall–Kier alpha value is -1.51. The highest BCUT2D eigenvalue weighted by molar-refractivity contribution is 6.30. The van der Waals surface area contributed by atoms with Gasteiger partial charge in [-0.25, -0.2) is 0 Å². The molecule has 1 aliphatic carbocycles. The minimum absolute atomic E-state index is 0.703. The van der Waals surface area contributed by atoms with Gasteiger partial charge in [0.25, 0.3) is 0 Å². The van der Waals surface area contributed by atoms with E-state index in [1.54, 1.807) is 7.11 Å². The van der Waals surface area contributed by atoms with Crippen LogP contribution in [-0.4, -0.2) is 13.2 Å². The first-order chi connectivity index (χ1) is 9.76. The maximum absolute atomic E-state index is 6.16. The largest absolute Gasteiger partial charge is 0.497 e. The fourth-order valence-electron chi connectivity index (χ4n) is 2.28. The molecule has 1 fully saturated rings. The van der Waals surface area contributed by atoms with Gasteiger partial charge < -0.3 is 10.1 Å². The minimum Gasteiger partial charge on any atom is -0.497 e. The maximum Gasteiger partial charge on any atom is 0.118 e. The van der Waals surface area contributed by atoms with Crippen LogP contribution < -0.4 is 10.1 Å². The molecule has 0 atom stereocenters. The maximum atomic E-state index is 6.16. The van der Waals surface area contributed by atoms with Crippen LogP contribution in [0.2, 0.25) is 5.02 Å². The molecule has 1 aliphatic rings. The fraction of sp³-hybridized carbons (Fsp3) is 0.294. The van der Waals surface area contributed by atoms with Gasteiger partial charge in [0.1, 0.15) is 5.75 Å². The fourth-order valence-corrected chi connectivity index (χ4v) is 2.46. The Morgan fingerprint density at radius 1 is 1.15 bits per heavy atom. The molecule has 20 heavy (non-hydrogen) atoms. The van der Waals surface area contributed by atoms with Crippen LogP contribution in [0.5, 0.6) is 5.75 Å². The van der Waals surface area contributed by atoms with E-state index < -0.39 is 0 Å². The number of nitrogens with one attached hydrogen (secondary N) is 1. The third-order valence-corrected chi connectivity index (χ3v) is 3.87. The molecule has 2 aromatic rings. The number of rotatable bonds is 5. The molecule has 2 aromatic carbocycles. The van der Waals surface area contributed by atoms with Crippen LogP contribution in [0, 0.1) is 0 Å². The van der Waals surface area contributed by atoms with Crippen LogP contribution >= 0.6 is 11.6 Å². The normalized spacial score (nSPS) is 14.3. The molecule has 0 radical (unpaired) electrons. The Labute approximate surface area is 124 Å². The Morgan fingerprint density at radius 3 is 2.55 bits per heavy atom. The van der Waals surface area contributed by atoms with Gasteiger partial charge in [-0.3, -0.25) is 0 Å². The third kappa shape index (κ3) is 3.14. The molecule has 2 nitrogen and oxygen atoms in total. The number of methoxy groups -OCH3 is 1. The van der Waals surface area contributed by atoms with E-state index in [2.05, 4.69) is 23.5 Å². The molecule has 3 heteroatoms. The van der Waals surface area contributed by atoms with Gasteiger partial charge in [-0.1, -0.05) is 29.8 Å². The lowest BCUT2D eigenvalue weighted by Crippen LogP contribution is -2.15. The van der Waals surface area contributed by atoms with Crippen molar-refractivity contribution in [2.75, 3.05) is 7.11 Å². The van der Waals surface area contributed by atoms with E-state index in [9.17, 15) is 0 Å². The Morgan fingerprint density at radius 2 is 1.90 bits per heavy atom. The van der Waals surface area contributed by atoms with Crippen molar-refractivity contribution in [2.45, 2.75) is 25.4 Å². The topological polar surface area (TPSA) is 21.3 Å². The van der Waals surface area contributed by atoms with E-state index in [1.165, 1.54) is 29.5 Å². The van der Waals surface area contributed by atoms with Crippen molar-refractivity contribution in [3.63, 3.8) is 0 Å². The monoisotopic (exact) mass is 287 g/mol. The first kappa shape index (κ1) is 13.5. The molecule has 0 saturated heterocycles. The first-order valence-corrected chi connectivity index (χ1v) is 7.30. The van der Waals surface area contributed by atoms with E-state index in [-0.39, 0.29) is 0 Å².